The van der Waals surface area contributed by atoms with Gasteiger partial charge in [-0.3, -0.25) is 4.79 Å². The van der Waals surface area contributed by atoms with Gasteiger partial charge in [-0.15, -0.1) is 0 Å². The monoisotopic (exact) mass is 510 g/mol. The Kier molecular flexibility index (Phi) is 7.08. The highest BCUT2D eigenvalue weighted by Crippen LogP contribution is 2.39. The van der Waals surface area contributed by atoms with Crippen LogP contribution in [0.1, 0.15) is 42.1 Å². The van der Waals surface area contributed by atoms with Gasteiger partial charge in [-0.25, -0.2) is 0 Å². The molecule has 4 aromatic rings. The van der Waals surface area contributed by atoms with Crippen molar-refractivity contribution in [3.8, 4) is 11.5 Å². The fourth-order valence-electron chi connectivity index (χ4n) is 4.46. The normalized spacial score (nSPS) is 14.5. The zero-order chi connectivity index (χ0) is 26.6. The molecule has 0 bridgehead atoms. The first kappa shape index (κ1) is 25.0. The number of rotatable bonds is 8. The molecule has 38 heavy (non-hydrogen) atoms. The first-order chi connectivity index (χ1) is 18.4. The lowest BCUT2D eigenvalue weighted by Gasteiger charge is -2.28. The molecule has 9 heteroatoms. The van der Waals surface area contributed by atoms with Gasteiger partial charge in [-0.2, -0.15) is 4.68 Å². The molecule has 0 fully saturated rings. The van der Waals surface area contributed by atoms with Crippen LogP contribution in [0.3, 0.4) is 0 Å². The molecule has 1 aromatic heterocycles. The van der Waals surface area contributed by atoms with Crippen molar-refractivity contribution in [2.45, 2.75) is 40.3 Å². The summed E-state index contributed by atoms with van der Waals surface area (Å²) in [6, 6.07) is 21.0. The van der Waals surface area contributed by atoms with Gasteiger partial charge in [-0.05, 0) is 79.1 Å². The average molecular weight is 511 g/mol. The van der Waals surface area contributed by atoms with Crippen molar-refractivity contribution < 1.29 is 14.3 Å². The summed E-state index contributed by atoms with van der Waals surface area (Å²) in [7, 11) is 0. The van der Waals surface area contributed by atoms with E-state index in [1.807, 2.05) is 75.4 Å². The highest BCUT2D eigenvalue weighted by molar-refractivity contribution is 6.06. The van der Waals surface area contributed by atoms with Crippen molar-refractivity contribution in [3.63, 3.8) is 0 Å². The van der Waals surface area contributed by atoms with E-state index in [0.717, 1.165) is 16.7 Å². The molecule has 194 valence electrons. The van der Waals surface area contributed by atoms with Gasteiger partial charge in [0.05, 0.1) is 12.2 Å². The summed E-state index contributed by atoms with van der Waals surface area (Å²) in [5, 5.41) is 18.3. The highest BCUT2D eigenvalue weighted by atomic mass is 16.5. The largest absolute Gasteiger partial charge is 0.490 e. The predicted octanol–water partition coefficient (Wildman–Crippen LogP) is 5.20. The van der Waals surface area contributed by atoms with Crippen molar-refractivity contribution in [1.82, 2.24) is 20.2 Å². The number of anilines is 2. The number of allylic oxidation sites excluding steroid dienone is 1. The van der Waals surface area contributed by atoms with E-state index < -0.39 is 6.04 Å². The van der Waals surface area contributed by atoms with Crippen LogP contribution in [0, 0.1) is 13.8 Å². The van der Waals surface area contributed by atoms with Crippen molar-refractivity contribution in [2.75, 3.05) is 17.2 Å². The van der Waals surface area contributed by atoms with Crippen LogP contribution in [0.15, 0.2) is 78.0 Å². The lowest BCUT2D eigenvalue weighted by molar-refractivity contribution is -0.113. The van der Waals surface area contributed by atoms with Crippen LogP contribution in [0.4, 0.5) is 11.6 Å². The zero-order valence-electron chi connectivity index (χ0n) is 21.9. The van der Waals surface area contributed by atoms with E-state index in [4.69, 9.17) is 9.47 Å². The number of ether oxygens (including phenoxy) is 2. The molecule has 2 heterocycles. The van der Waals surface area contributed by atoms with Crippen LogP contribution in [-0.4, -0.2) is 32.7 Å². The van der Waals surface area contributed by atoms with Gasteiger partial charge in [0.1, 0.15) is 12.6 Å². The molecule has 1 amide bonds. The van der Waals surface area contributed by atoms with Gasteiger partial charge in [0, 0.05) is 11.4 Å². The van der Waals surface area contributed by atoms with Crippen LogP contribution >= 0.6 is 0 Å². The SMILES string of the molecule is CCOc1cc(C2C(C(=O)Nc3cccc(C)c3)=C(C)Nc3nnnn32)ccc1OCc1ccc(C)cc1. The van der Waals surface area contributed by atoms with Crippen molar-refractivity contribution in [3.05, 3.63) is 100 Å². The number of nitrogens with zero attached hydrogens (tertiary/aromatic N) is 4. The highest BCUT2D eigenvalue weighted by Gasteiger charge is 2.34. The van der Waals surface area contributed by atoms with E-state index in [0.29, 0.717) is 47.6 Å². The minimum Gasteiger partial charge on any atom is -0.490 e. The van der Waals surface area contributed by atoms with Crippen LogP contribution < -0.4 is 20.1 Å². The van der Waals surface area contributed by atoms with Crippen LogP contribution in [0.25, 0.3) is 0 Å². The molecule has 0 spiro atoms. The summed E-state index contributed by atoms with van der Waals surface area (Å²) < 4.78 is 13.7. The van der Waals surface area contributed by atoms with Gasteiger partial charge in [0.2, 0.25) is 5.95 Å². The summed E-state index contributed by atoms with van der Waals surface area (Å²) >= 11 is 0. The Hall–Kier alpha value is -4.66. The topological polar surface area (TPSA) is 103 Å². The van der Waals surface area contributed by atoms with Crippen molar-refractivity contribution >= 4 is 17.5 Å². The number of hydrogen-bond donors (Lipinski definition) is 2. The standard InChI is InChI=1S/C29H30N6O3/c1-5-37-25-16-22(13-14-24(25)38-17-21-11-9-18(2)10-12-21)27-26(20(4)30-29-32-33-34-35(27)29)28(36)31-23-8-6-7-19(3)15-23/h6-16,27H,5,17H2,1-4H3,(H,31,36)(H,30,32,34). The summed E-state index contributed by atoms with van der Waals surface area (Å²) in [5.41, 5.74) is 5.99. The quantitative estimate of drug-likeness (QED) is 0.336. The Balaban J connectivity index is 1.48. The van der Waals surface area contributed by atoms with E-state index in [2.05, 4.69) is 45.2 Å². The number of aryl methyl sites for hydroxylation is 2. The maximum Gasteiger partial charge on any atom is 0.255 e. The maximum atomic E-state index is 13.6. The molecule has 1 aliphatic heterocycles. The second-order valence-corrected chi connectivity index (χ2v) is 9.25. The van der Waals surface area contributed by atoms with E-state index in [1.54, 1.807) is 4.68 Å². The molecular weight excluding hydrogens is 480 g/mol. The van der Waals surface area contributed by atoms with E-state index >= 15 is 0 Å². The molecule has 0 radical (unpaired) electrons. The number of nitrogens with one attached hydrogen (secondary N) is 2. The van der Waals surface area contributed by atoms with Crippen molar-refractivity contribution in [1.29, 1.82) is 0 Å². The van der Waals surface area contributed by atoms with Crippen LogP contribution in [-0.2, 0) is 11.4 Å². The number of tetrazole rings is 1. The first-order valence-electron chi connectivity index (χ1n) is 12.5. The molecule has 0 aliphatic carbocycles. The Labute approximate surface area is 221 Å². The number of fused-ring (bicyclic) bond motifs is 1. The fraction of sp³-hybridized carbons (Fsp3) is 0.241. The van der Waals surface area contributed by atoms with Crippen LogP contribution in [0.5, 0.6) is 11.5 Å². The minimum absolute atomic E-state index is 0.246. The first-order valence-corrected chi connectivity index (χ1v) is 12.5. The summed E-state index contributed by atoms with van der Waals surface area (Å²) in [5.74, 6) is 1.41. The van der Waals surface area contributed by atoms with E-state index in [9.17, 15) is 4.79 Å². The minimum atomic E-state index is -0.573. The zero-order valence-corrected chi connectivity index (χ0v) is 21.9. The number of aromatic nitrogens is 4. The Morgan fingerprint density at radius 3 is 2.55 bits per heavy atom. The average Bonchev–Trinajstić information content (AvgIpc) is 3.36. The third kappa shape index (κ3) is 5.22. The molecule has 1 aliphatic rings. The number of hydrogen-bond acceptors (Lipinski definition) is 7. The Morgan fingerprint density at radius 1 is 0.974 bits per heavy atom. The van der Waals surface area contributed by atoms with Gasteiger partial charge < -0.3 is 20.1 Å². The number of benzene rings is 3. The van der Waals surface area contributed by atoms with Crippen LogP contribution in [0.2, 0.25) is 0 Å². The number of carbonyl (C=O) groups is 1. The summed E-state index contributed by atoms with van der Waals surface area (Å²) in [6.45, 7) is 8.68. The molecule has 5 rings (SSSR count). The molecule has 1 unspecified atom stereocenters. The second kappa shape index (κ2) is 10.8. The molecular formula is C29H30N6O3. The molecule has 1 atom stereocenters. The second-order valence-electron chi connectivity index (χ2n) is 9.25. The number of carbonyl (C=O) groups excluding carboxylic acids is 1. The van der Waals surface area contributed by atoms with Gasteiger partial charge in [0.15, 0.2) is 11.5 Å². The lowest BCUT2D eigenvalue weighted by Crippen LogP contribution is -2.31. The lowest BCUT2D eigenvalue weighted by atomic mass is 9.94. The molecule has 3 aromatic carbocycles. The van der Waals surface area contributed by atoms with E-state index in [1.165, 1.54) is 5.56 Å². The van der Waals surface area contributed by atoms with Gasteiger partial charge in [-0.1, -0.05) is 53.1 Å². The fourth-order valence-corrected chi connectivity index (χ4v) is 4.46. The third-order valence-electron chi connectivity index (χ3n) is 6.33. The predicted molar refractivity (Wildman–Crippen MR) is 145 cm³/mol. The molecule has 9 nitrogen and oxygen atoms in total. The Bertz CT molecular complexity index is 1490. The third-order valence-corrected chi connectivity index (χ3v) is 6.33. The molecule has 2 N–H and O–H groups in total. The van der Waals surface area contributed by atoms with Gasteiger partial charge in [0.25, 0.3) is 5.91 Å². The number of amides is 1. The summed E-state index contributed by atoms with van der Waals surface area (Å²) in [4.78, 5) is 13.6. The summed E-state index contributed by atoms with van der Waals surface area (Å²) in [6.07, 6.45) is 0. The van der Waals surface area contributed by atoms with Crippen molar-refractivity contribution in [2.24, 2.45) is 0 Å². The molecule has 0 saturated carbocycles. The Morgan fingerprint density at radius 2 is 1.79 bits per heavy atom. The maximum absolute atomic E-state index is 13.6. The smallest absolute Gasteiger partial charge is 0.255 e. The van der Waals surface area contributed by atoms with Gasteiger partial charge >= 0.3 is 0 Å². The van der Waals surface area contributed by atoms with E-state index in [-0.39, 0.29) is 5.91 Å². The molecule has 0 saturated heterocycles.